The SMILES string of the molecule is C1=Cc2ccc(-c3ccccc3-c3c4ccccc4c(-c4ccc5sc6ccccc6c5c4)c4ccccc34)cc2CC1. The molecule has 0 radical (unpaired) electrons. The van der Waals surface area contributed by atoms with E-state index < -0.39 is 0 Å². The monoisotopic (exact) mass is 564 g/mol. The summed E-state index contributed by atoms with van der Waals surface area (Å²) < 4.78 is 2.68. The van der Waals surface area contributed by atoms with E-state index in [2.05, 4.69) is 146 Å². The summed E-state index contributed by atoms with van der Waals surface area (Å²) in [6.07, 6.45) is 6.77. The molecule has 1 heteroatoms. The van der Waals surface area contributed by atoms with Crippen molar-refractivity contribution in [2.75, 3.05) is 0 Å². The third-order valence-electron chi connectivity index (χ3n) is 9.12. The van der Waals surface area contributed by atoms with E-state index in [1.807, 2.05) is 11.3 Å². The van der Waals surface area contributed by atoms with Gasteiger partial charge in [-0.25, -0.2) is 0 Å². The number of benzene rings is 7. The summed E-state index contributed by atoms with van der Waals surface area (Å²) in [6, 6.07) is 49.8. The molecule has 0 atom stereocenters. The highest BCUT2D eigenvalue weighted by Crippen LogP contribution is 2.47. The van der Waals surface area contributed by atoms with E-state index in [-0.39, 0.29) is 0 Å². The van der Waals surface area contributed by atoms with Crippen LogP contribution in [0.5, 0.6) is 0 Å². The Morgan fingerprint density at radius 3 is 1.81 bits per heavy atom. The quantitative estimate of drug-likeness (QED) is 0.187. The molecule has 8 aromatic rings. The largest absolute Gasteiger partial charge is 0.135 e. The second-order valence-corrected chi connectivity index (χ2v) is 12.6. The average Bonchev–Trinajstić information content (AvgIpc) is 3.45. The molecule has 1 heterocycles. The summed E-state index contributed by atoms with van der Waals surface area (Å²) in [5.41, 5.74) is 10.5. The molecule has 0 nitrogen and oxygen atoms in total. The highest BCUT2D eigenvalue weighted by atomic mass is 32.1. The fourth-order valence-corrected chi connectivity index (χ4v) is 8.25. The summed E-state index contributed by atoms with van der Waals surface area (Å²) in [7, 11) is 0. The van der Waals surface area contributed by atoms with Crippen LogP contribution in [-0.4, -0.2) is 0 Å². The minimum absolute atomic E-state index is 1.10. The minimum Gasteiger partial charge on any atom is -0.135 e. The van der Waals surface area contributed by atoms with Crippen molar-refractivity contribution in [1.82, 2.24) is 0 Å². The molecule has 1 aliphatic rings. The van der Waals surface area contributed by atoms with Gasteiger partial charge in [-0.15, -0.1) is 11.3 Å². The normalized spacial score (nSPS) is 12.8. The molecule has 0 fully saturated rings. The molecular formula is C42H28S. The van der Waals surface area contributed by atoms with Gasteiger partial charge in [-0.05, 0) is 97.1 Å². The first-order valence-corrected chi connectivity index (χ1v) is 15.9. The first kappa shape index (κ1) is 24.6. The Hall–Kier alpha value is -4.98. The van der Waals surface area contributed by atoms with Gasteiger partial charge in [-0.3, -0.25) is 0 Å². The van der Waals surface area contributed by atoms with Crippen molar-refractivity contribution < 1.29 is 0 Å². The zero-order chi connectivity index (χ0) is 28.3. The van der Waals surface area contributed by atoms with Crippen molar-refractivity contribution in [3.8, 4) is 33.4 Å². The van der Waals surface area contributed by atoms with Crippen LogP contribution < -0.4 is 0 Å². The number of fused-ring (bicyclic) bond motifs is 6. The summed E-state index contributed by atoms with van der Waals surface area (Å²) in [5, 5.41) is 7.84. The number of rotatable bonds is 3. The van der Waals surface area contributed by atoms with E-state index in [0.717, 1.165) is 12.8 Å². The molecule has 1 aromatic heterocycles. The Balaban J connectivity index is 1.34. The van der Waals surface area contributed by atoms with Crippen molar-refractivity contribution in [2.24, 2.45) is 0 Å². The van der Waals surface area contributed by atoms with E-state index in [0.29, 0.717) is 0 Å². The van der Waals surface area contributed by atoms with Gasteiger partial charge in [0.25, 0.3) is 0 Å². The smallest absolute Gasteiger partial charge is 0.0355 e. The summed E-state index contributed by atoms with van der Waals surface area (Å²) in [4.78, 5) is 0. The average molecular weight is 565 g/mol. The molecule has 0 aliphatic heterocycles. The third-order valence-corrected chi connectivity index (χ3v) is 10.3. The number of allylic oxidation sites excluding steroid dienone is 1. The predicted octanol–water partition coefficient (Wildman–Crippen LogP) is 12.3. The van der Waals surface area contributed by atoms with Crippen molar-refractivity contribution in [3.05, 3.63) is 151 Å². The molecule has 9 rings (SSSR count). The number of hydrogen-bond acceptors (Lipinski definition) is 1. The van der Waals surface area contributed by atoms with E-state index in [4.69, 9.17) is 0 Å². The highest BCUT2D eigenvalue weighted by Gasteiger charge is 2.19. The topological polar surface area (TPSA) is 0 Å². The molecule has 1 aliphatic carbocycles. The van der Waals surface area contributed by atoms with Crippen LogP contribution in [0, 0.1) is 0 Å². The predicted molar refractivity (Wildman–Crippen MR) is 188 cm³/mol. The van der Waals surface area contributed by atoms with Crippen molar-refractivity contribution in [3.63, 3.8) is 0 Å². The van der Waals surface area contributed by atoms with Gasteiger partial charge in [0.1, 0.15) is 0 Å². The van der Waals surface area contributed by atoms with Gasteiger partial charge in [0, 0.05) is 20.2 Å². The maximum absolute atomic E-state index is 2.41. The molecule has 0 amide bonds. The molecule has 7 aromatic carbocycles. The van der Waals surface area contributed by atoms with Crippen molar-refractivity contribution >= 4 is 59.1 Å². The van der Waals surface area contributed by atoms with Crippen LogP contribution in [0.25, 0.3) is 81.2 Å². The molecule has 202 valence electrons. The fraction of sp³-hybridized carbons (Fsp3) is 0.0476. The zero-order valence-electron chi connectivity index (χ0n) is 23.7. The second-order valence-electron chi connectivity index (χ2n) is 11.6. The molecule has 43 heavy (non-hydrogen) atoms. The Morgan fingerprint density at radius 1 is 0.442 bits per heavy atom. The fourth-order valence-electron chi connectivity index (χ4n) is 7.17. The first-order valence-electron chi connectivity index (χ1n) is 15.1. The van der Waals surface area contributed by atoms with E-state index in [1.54, 1.807) is 0 Å². The maximum atomic E-state index is 2.41. The number of hydrogen-bond donors (Lipinski definition) is 0. The Bertz CT molecular complexity index is 2340. The molecule has 0 saturated heterocycles. The number of thiophene rings is 1. The van der Waals surface area contributed by atoms with Gasteiger partial charge in [-0.2, -0.15) is 0 Å². The molecule has 0 unspecified atom stereocenters. The molecule has 0 saturated carbocycles. The summed E-state index contributed by atoms with van der Waals surface area (Å²) >= 11 is 1.88. The lowest BCUT2D eigenvalue weighted by Gasteiger charge is -2.20. The van der Waals surface area contributed by atoms with Gasteiger partial charge in [0.05, 0.1) is 0 Å². The van der Waals surface area contributed by atoms with Crippen LogP contribution >= 0.6 is 11.3 Å². The van der Waals surface area contributed by atoms with Crippen LogP contribution in [0.4, 0.5) is 0 Å². The Labute approximate surface area is 255 Å². The lowest BCUT2D eigenvalue weighted by atomic mass is 9.83. The Kier molecular flexibility index (Phi) is 5.61. The standard InChI is InChI=1S/C42H28S/c1-2-12-28-25-29(22-21-27(28)11-1)31-13-3-4-15-33(31)42-36-18-7-5-16-34(36)41(35-17-6-8-19-37(35)42)30-23-24-40-38(26-30)32-14-9-10-20-39(32)43-40/h1,3-11,13-26H,2,12H2. The summed E-state index contributed by atoms with van der Waals surface area (Å²) in [6.45, 7) is 0. The van der Waals surface area contributed by atoms with Crippen LogP contribution in [0.1, 0.15) is 17.5 Å². The Morgan fingerprint density at radius 2 is 1.05 bits per heavy atom. The summed E-state index contributed by atoms with van der Waals surface area (Å²) in [5.74, 6) is 0. The van der Waals surface area contributed by atoms with Gasteiger partial charge >= 0.3 is 0 Å². The number of aryl methyl sites for hydroxylation is 1. The third kappa shape index (κ3) is 3.89. The lowest BCUT2D eigenvalue weighted by molar-refractivity contribution is 0.986. The van der Waals surface area contributed by atoms with Gasteiger partial charge in [0.15, 0.2) is 0 Å². The van der Waals surface area contributed by atoms with Crippen LogP contribution in [0.15, 0.2) is 140 Å². The van der Waals surface area contributed by atoms with Crippen LogP contribution in [0.3, 0.4) is 0 Å². The van der Waals surface area contributed by atoms with Gasteiger partial charge < -0.3 is 0 Å². The van der Waals surface area contributed by atoms with E-state index in [1.165, 1.54) is 86.2 Å². The minimum atomic E-state index is 1.10. The van der Waals surface area contributed by atoms with E-state index >= 15 is 0 Å². The van der Waals surface area contributed by atoms with Crippen molar-refractivity contribution in [1.29, 1.82) is 0 Å². The molecular weight excluding hydrogens is 537 g/mol. The zero-order valence-corrected chi connectivity index (χ0v) is 24.5. The second kappa shape index (κ2) is 9.80. The van der Waals surface area contributed by atoms with Gasteiger partial charge in [0.2, 0.25) is 0 Å². The first-order chi connectivity index (χ1) is 21.3. The maximum Gasteiger partial charge on any atom is 0.0355 e. The van der Waals surface area contributed by atoms with Crippen LogP contribution in [0.2, 0.25) is 0 Å². The lowest BCUT2D eigenvalue weighted by Crippen LogP contribution is -1.96. The van der Waals surface area contributed by atoms with Crippen molar-refractivity contribution in [2.45, 2.75) is 12.8 Å². The van der Waals surface area contributed by atoms with Crippen LogP contribution in [-0.2, 0) is 6.42 Å². The molecule has 0 spiro atoms. The molecule has 0 bridgehead atoms. The van der Waals surface area contributed by atoms with Gasteiger partial charge in [-0.1, -0.05) is 127 Å². The highest BCUT2D eigenvalue weighted by molar-refractivity contribution is 7.25. The molecule has 0 N–H and O–H groups in total. The van der Waals surface area contributed by atoms with E-state index in [9.17, 15) is 0 Å².